The third kappa shape index (κ3) is 7.76. The molecule has 16 heteroatoms. The number of piperidine rings is 1. The van der Waals surface area contributed by atoms with E-state index in [0.29, 0.717) is 39.5 Å². The summed E-state index contributed by atoms with van der Waals surface area (Å²) >= 11 is 6.15. The number of piperazine rings is 1. The number of carbonyl (C=O) groups is 5. The van der Waals surface area contributed by atoms with Crippen LogP contribution in [0.4, 0.5) is 17.3 Å². The van der Waals surface area contributed by atoms with Crippen molar-refractivity contribution < 1.29 is 28.7 Å². The smallest absolute Gasteiger partial charge is 0.262 e. The first-order chi connectivity index (χ1) is 27.1. The summed E-state index contributed by atoms with van der Waals surface area (Å²) in [5, 5.41) is 5.74. The van der Waals surface area contributed by atoms with Crippen molar-refractivity contribution >= 4 is 58.5 Å². The number of hydrogen-bond acceptors (Lipinski definition) is 11. The van der Waals surface area contributed by atoms with Gasteiger partial charge in [0.2, 0.25) is 23.5 Å². The number of aromatic nitrogens is 2. The molecular formula is C40H42ClN9O6. The number of imide groups is 2. The first-order valence-corrected chi connectivity index (χ1v) is 19.6. The second-order valence-corrected chi connectivity index (χ2v) is 15.5. The minimum atomic E-state index is -0.982. The van der Waals surface area contributed by atoms with Crippen LogP contribution in [0.5, 0.6) is 5.75 Å². The predicted octanol–water partition coefficient (Wildman–Crippen LogP) is 3.85. The standard InChI is InChI=1S/C40H42ClN9O6/c1-42-33-9-7-29(19-32(33)41)56-28-5-2-26(3-6-28)45-36(52)25-20-43-40(44-21-25)49-13-12-24(23-49)22-47-14-16-48(17-15-47)27-4-8-30-31(18-27)39(55)50(38(30)54)34-10-11-35(51)46-37(34)53/h4,7-9,18-21,24,26,28,34H,2-3,5-6,10-17,22-23H2,(H,45,52)(H,46,51,53)/t24-,26?,28?,34?/m0/s1. The first kappa shape index (κ1) is 37.3. The highest BCUT2D eigenvalue weighted by atomic mass is 35.5. The van der Waals surface area contributed by atoms with E-state index < -0.39 is 29.7 Å². The number of rotatable bonds is 9. The summed E-state index contributed by atoms with van der Waals surface area (Å²) in [6.07, 6.45) is 7.62. The zero-order chi connectivity index (χ0) is 38.9. The number of nitrogens with one attached hydrogen (secondary N) is 2. The Morgan fingerprint density at radius 3 is 2.36 bits per heavy atom. The van der Waals surface area contributed by atoms with E-state index in [0.717, 1.165) is 88.5 Å². The fraction of sp³-hybridized carbons (Fsp3) is 0.450. The van der Waals surface area contributed by atoms with E-state index in [1.165, 1.54) is 0 Å². The van der Waals surface area contributed by atoms with Crippen molar-refractivity contribution in [2.45, 2.75) is 63.1 Å². The molecule has 1 saturated carbocycles. The third-order valence-corrected chi connectivity index (χ3v) is 11.8. The van der Waals surface area contributed by atoms with Gasteiger partial charge in [-0.15, -0.1) is 0 Å². The van der Waals surface area contributed by atoms with E-state index in [1.807, 2.05) is 6.07 Å². The molecule has 8 rings (SSSR count). The molecule has 4 fully saturated rings. The van der Waals surface area contributed by atoms with Gasteiger partial charge in [-0.25, -0.2) is 14.8 Å². The summed E-state index contributed by atoms with van der Waals surface area (Å²) in [4.78, 5) is 83.8. The monoisotopic (exact) mass is 779 g/mol. The number of amides is 5. The van der Waals surface area contributed by atoms with Crippen LogP contribution < -0.4 is 25.2 Å². The molecule has 4 aliphatic heterocycles. The Morgan fingerprint density at radius 1 is 0.893 bits per heavy atom. The van der Waals surface area contributed by atoms with Crippen LogP contribution in [0.1, 0.15) is 76.0 Å². The van der Waals surface area contributed by atoms with Crippen molar-refractivity contribution in [3.63, 3.8) is 0 Å². The van der Waals surface area contributed by atoms with Crippen LogP contribution >= 0.6 is 11.6 Å². The highest BCUT2D eigenvalue weighted by Gasteiger charge is 2.45. The lowest BCUT2D eigenvalue weighted by Crippen LogP contribution is -2.54. The van der Waals surface area contributed by atoms with Crippen LogP contribution in [0.15, 0.2) is 48.8 Å². The zero-order valence-corrected chi connectivity index (χ0v) is 31.5. The van der Waals surface area contributed by atoms with Gasteiger partial charge in [0.1, 0.15) is 11.8 Å². The van der Waals surface area contributed by atoms with Crippen molar-refractivity contribution in [3.8, 4) is 5.75 Å². The molecule has 0 bridgehead atoms. The molecule has 2 aromatic carbocycles. The number of nitrogens with zero attached hydrogens (tertiary/aromatic N) is 7. The van der Waals surface area contributed by atoms with Gasteiger partial charge in [-0.05, 0) is 74.8 Å². The molecule has 1 aliphatic carbocycles. The molecule has 0 spiro atoms. The Hall–Kier alpha value is -5.59. The average molecular weight is 780 g/mol. The van der Waals surface area contributed by atoms with Crippen LogP contribution in [0.3, 0.4) is 0 Å². The quantitative estimate of drug-likeness (QED) is 0.240. The number of carbonyl (C=O) groups excluding carboxylic acids is 5. The van der Waals surface area contributed by atoms with Crippen LogP contribution in [-0.4, -0.2) is 113 Å². The normalized spacial score (nSPS) is 24.2. The summed E-state index contributed by atoms with van der Waals surface area (Å²) in [7, 11) is 0. The maximum Gasteiger partial charge on any atom is 0.262 e. The van der Waals surface area contributed by atoms with Crippen LogP contribution in [-0.2, 0) is 9.59 Å². The summed E-state index contributed by atoms with van der Waals surface area (Å²) in [5.41, 5.74) is 2.27. The highest BCUT2D eigenvalue weighted by Crippen LogP contribution is 2.33. The van der Waals surface area contributed by atoms with Crippen molar-refractivity contribution in [2.75, 3.05) is 55.6 Å². The van der Waals surface area contributed by atoms with Gasteiger partial charge < -0.3 is 19.9 Å². The Morgan fingerprint density at radius 2 is 1.64 bits per heavy atom. The van der Waals surface area contributed by atoms with Gasteiger partial charge in [-0.2, -0.15) is 0 Å². The minimum Gasteiger partial charge on any atom is -0.490 e. The van der Waals surface area contributed by atoms with Crippen molar-refractivity contribution in [3.05, 3.63) is 81.9 Å². The highest BCUT2D eigenvalue weighted by molar-refractivity contribution is 6.33. The SMILES string of the molecule is [C-]#[N+]c1ccc(OC2CCC(NC(=O)c3cnc(N4CC[C@@H](CN5CCN(c6ccc7c(c6)C(=O)N(C6CCC(=O)NC6=O)C7=O)CC5)C4)nc3)CC2)cc1Cl. The van der Waals surface area contributed by atoms with E-state index in [4.69, 9.17) is 22.9 Å². The fourth-order valence-electron chi connectivity index (χ4n) is 8.41. The molecule has 2 N–H and O–H groups in total. The molecule has 1 aromatic heterocycles. The van der Waals surface area contributed by atoms with Gasteiger partial charge in [0, 0.05) is 76.4 Å². The zero-order valence-electron chi connectivity index (χ0n) is 30.8. The fourth-order valence-corrected chi connectivity index (χ4v) is 8.63. The second kappa shape index (κ2) is 15.9. The van der Waals surface area contributed by atoms with Crippen molar-refractivity contribution in [2.24, 2.45) is 5.92 Å². The lowest BCUT2D eigenvalue weighted by molar-refractivity contribution is -0.136. The van der Waals surface area contributed by atoms with E-state index in [-0.39, 0.29) is 36.5 Å². The van der Waals surface area contributed by atoms with Crippen LogP contribution in [0.2, 0.25) is 5.02 Å². The molecule has 56 heavy (non-hydrogen) atoms. The number of ether oxygens (including phenoxy) is 1. The summed E-state index contributed by atoms with van der Waals surface area (Å²) < 4.78 is 6.08. The first-order valence-electron chi connectivity index (χ1n) is 19.2. The van der Waals surface area contributed by atoms with Gasteiger partial charge in [-0.3, -0.25) is 39.1 Å². The Labute approximate surface area is 329 Å². The summed E-state index contributed by atoms with van der Waals surface area (Å²) in [5.74, 6) is -0.482. The Kier molecular flexibility index (Phi) is 10.6. The largest absolute Gasteiger partial charge is 0.490 e. The number of hydrogen-bond donors (Lipinski definition) is 2. The molecule has 2 atom stereocenters. The summed E-state index contributed by atoms with van der Waals surface area (Å²) in [6.45, 7) is 13.0. The molecule has 290 valence electrons. The molecule has 0 radical (unpaired) electrons. The number of fused-ring (bicyclic) bond motifs is 1. The van der Waals surface area contributed by atoms with E-state index in [1.54, 1.807) is 42.7 Å². The van der Waals surface area contributed by atoms with Crippen molar-refractivity contribution in [1.29, 1.82) is 0 Å². The van der Waals surface area contributed by atoms with E-state index in [9.17, 15) is 24.0 Å². The molecule has 3 saturated heterocycles. The molecule has 15 nitrogen and oxygen atoms in total. The van der Waals surface area contributed by atoms with Gasteiger partial charge in [0.05, 0.1) is 34.4 Å². The predicted molar refractivity (Wildman–Crippen MR) is 206 cm³/mol. The van der Waals surface area contributed by atoms with E-state index >= 15 is 0 Å². The van der Waals surface area contributed by atoms with Crippen LogP contribution in [0.25, 0.3) is 4.85 Å². The van der Waals surface area contributed by atoms with Gasteiger partial charge >= 0.3 is 0 Å². The average Bonchev–Trinajstić information content (AvgIpc) is 3.77. The minimum absolute atomic E-state index is 0.0232. The lowest BCUT2D eigenvalue weighted by Gasteiger charge is -2.37. The number of halogens is 1. The molecule has 5 aliphatic rings. The Bertz CT molecular complexity index is 2090. The Balaban J connectivity index is 0.769. The van der Waals surface area contributed by atoms with Gasteiger partial charge in [0.25, 0.3) is 17.7 Å². The summed E-state index contributed by atoms with van der Waals surface area (Å²) in [6, 6.07) is 9.43. The van der Waals surface area contributed by atoms with Crippen LogP contribution in [0, 0.1) is 12.5 Å². The maximum atomic E-state index is 13.3. The maximum absolute atomic E-state index is 13.3. The lowest BCUT2D eigenvalue weighted by atomic mass is 9.92. The molecule has 3 aromatic rings. The van der Waals surface area contributed by atoms with Gasteiger partial charge in [0.15, 0.2) is 0 Å². The molecular weight excluding hydrogens is 738 g/mol. The third-order valence-electron chi connectivity index (χ3n) is 11.5. The molecule has 5 amide bonds. The molecule has 1 unspecified atom stereocenters. The van der Waals surface area contributed by atoms with Crippen molar-refractivity contribution in [1.82, 2.24) is 30.4 Å². The molecule has 5 heterocycles. The van der Waals surface area contributed by atoms with Gasteiger partial charge in [-0.1, -0.05) is 17.7 Å². The number of anilines is 2. The van der Waals surface area contributed by atoms with E-state index in [2.05, 4.69) is 40.1 Å². The second-order valence-electron chi connectivity index (χ2n) is 15.1. The number of benzene rings is 2. The topological polar surface area (TPSA) is 162 Å².